The molecule has 0 N–H and O–H groups in total. The summed E-state index contributed by atoms with van der Waals surface area (Å²) in [6, 6.07) is 0.997. The van der Waals surface area contributed by atoms with Crippen molar-refractivity contribution in [1.29, 1.82) is 0 Å². The van der Waals surface area contributed by atoms with Gasteiger partial charge in [-0.05, 0) is 42.9 Å². The Morgan fingerprint density at radius 1 is 1.35 bits per heavy atom. The minimum Gasteiger partial charge on any atom is -0.332 e. The number of pyridine rings is 1. The Balaban J connectivity index is 1.81. The van der Waals surface area contributed by atoms with Crippen molar-refractivity contribution in [3.8, 4) is 0 Å². The molecule has 0 atom stereocenters. The van der Waals surface area contributed by atoms with E-state index in [2.05, 4.69) is 4.98 Å². The molecule has 23 heavy (non-hydrogen) atoms. The molecule has 124 valence electrons. The van der Waals surface area contributed by atoms with Gasteiger partial charge in [-0.25, -0.2) is 4.39 Å². The highest BCUT2D eigenvalue weighted by Crippen LogP contribution is 2.38. The van der Waals surface area contributed by atoms with E-state index in [1.165, 1.54) is 4.90 Å². The molecule has 0 spiro atoms. The van der Waals surface area contributed by atoms with Crippen molar-refractivity contribution in [2.45, 2.75) is 38.9 Å². The van der Waals surface area contributed by atoms with E-state index >= 15 is 0 Å². The number of hydrogen-bond donors (Lipinski definition) is 0. The molecule has 0 radical (unpaired) electrons. The van der Waals surface area contributed by atoms with Crippen LogP contribution in [0.15, 0.2) is 23.7 Å². The number of aromatic nitrogens is 1. The lowest BCUT2D eigenvalue weighted by molar-refractivity contribution is -0.137. The Morgan fingerprint density at radius 2 is 2.04 bits per heavy atom. The van der Waals surface area contributed by atoms with Crippen molar-refractivity contribution in [3.63, 3.8) is 0 Å². The molecule has 1 aliphatic heterocycles. The molecular weight excluding hydrogens is 312 g/mol. The zero-order chi connectivity index (χ0) is 16.8. The summed E-state index contributed by atoms with van der Waals surface area (Å²) in [6.07, 6.45) is -1.59. The van der Waals surface area contributed by atoms with Gasteiger partial charge in [0.1, 0.15) is 0 Å². The minimum atomic E-state index is -4.48. The van der Waals surface area contributed by atoms with Gasteiger partial charge in [-0.15, -0.1) is 0 Å². The molecule has 7 heteroatoms. The van der Waals surface area contributed by atoms with Gasteiger partial charge in [0.05, 0.1) is 5.56 Å². The average Bonchev–Trinajstić information content (AvgIpc) is 3.35. The van der Waals surface area contributed by atoms with Crippen LogP contribution in [0.1, 0.15) is 36.6 Å². The second-order valence-electron chi connectivity index (χ2n) is 6.08. The van der Waals surface area contributed by atoms with E-state index in [9.17, 15) is 22.4 Å². The number of halogens is 4. The summed E-state index contributed by atoms with van der Waals surface area (Å²) in [5, 5.41) is 0. The lowest BCUT2D eigenvalue weighted by Gasteiger charge is -2.28. The predicted octanol–water partition coefficient (Wildman–Crippen LogP) is 3.64. The number of fused-ring (bicyclic) bond motifs is 1. The van der Waals surface area contributed by atoms with Crippen molar-refractivity contribution in [1.82, 2.24) is 9.88 Å². The second-order valence-corrected chi connectivity index (χ2v) is 6.08. The fraction of sp³-hybridized carbons (Fsp3) is 0.500. The van der Waals surface area contributed by atoms with Gasteiger partial charge >= 0.3 is 6.18 Å². The third kappa shape index (κ3) is 3.23. The van der Waals surface area contributed by atoms with Crippen LogP contribution in [0.2, 0.25) is 0 Å². The van der Waals surface area contributed by atoms with Gasteiger partial charge in [0, 0.05) is 31.4 Å². The summed E-state index contributed by atoms with van der Waals surface area (Å²) in [4.78, 5) is 17.3. The molecule has 3 rings (SSSR count). The molecule has 3 nitrogen and oxygen atoms in total. The van der Waals surface area contributed by atoms with Crippen LogP contribution in [0.25, 0.3) is 0 Å². The van der Waals surface area contributed by atoms with E-state index in [0.717, 1.165) is 25.1 Å². The smallest absolute Gasteiger partial charge is 0.332 e. The fourth-order valence-corrected chi connectivity index (χ4v) is 2.76. The monoisotopic (exact) mass is 328 g/mol. The van der Waals surface area contributed by atoms with Crippen LogP contribution in [-0.4, -0.2) is 22.3 Å². The Bertz CT molecular complexity index is 677. The number of allylic oxidation sites excluding steroid dienone is 1. The van der Waals surface area contributed by atoms with E-state index in [1.54, 1.807) is 6.92 Å². The summed E-state index contributed by atoms with van der Waals surface area (Å²) < 4.78 is 52.5. The summed E-state index contributed by atoms with van der Waals surface area (Å²) in [6.45, 7) is 1.82. The topological polar surface area (TPSA) is 33.2 Å². The molecule has 1 aromatic rings. The molecule has 0 bridgehead atoms. The van der Waals surface area contributed by atoms with Crippen LogP contribution in [0.4, 0.5) is 17.6 Å². The van der Waals surface area contributed by atoms with Crippen molar-refractivity contribution in [2.24, 2.45) is 5.92 Å². The van der Waals surface area contributed by atoms with Gasteiger partial charge in [0.15, 0.2) is 5.83 Å². The van der Waals surface area contributed by atoms with Gasteiger partial charge in [-0.1, -0.05) is 0 Å². The Morgan fingerprint density at radius 3 is 2.65 bits per heavy atom. The van der Waals surface area contributed by atoms with Crippen LogP contribution in [-0.2, 0) is 23.9 Å². The summed E-state index contributed by atoms with van der Waals surface area (Å²) >= 11 is 0. The van der Waals surface area contributed by atoms with Gasteiger partial charge in [-0.3, -0.25) is 9.78 Å². The SMILES string of the molecule is CC(=C(F)C(=O)N1CCc2ncc(C(F)(F)F)cc2C1)C1CC1. The quantitative estimate of drug-likeness (QED) is 0.613. The van der Waals surface area contributed by atoms with E-state index in [-0.39, 0.29) is 19.0 Å². The summed E-state index contributed by atoms with van der Waals surface area (Å²) in [5.41, 5.74) is 0.459. The molecular formula is C16H16F4N2O. The van der Waals surface area contributed by atoms with Crippen LogP contribution in [0.3, 0.4) is 0 Å². The van der Waals surface area contributed by atoms with Crippen molar-refractivity contribution < 1.29 is 22.4 Å². The molecule has 1 amide bonds. The number of amides is 1. The molecule has 1 fully saturated rings. The molecule has 1 aliphatic carbocycles. The third-order valence-electron chi connectivity index (χ3n) is 4.38. The van der Waals surface area contributed by atoms with Crippen LogP contribution in [0.5, 0.6) is 0 Å². The van der Waals surface area contributed by atoms with Crippen LogP contribution in [0, 0.1) is 5.92 Å². The van der Waals surface area contributed by atoms with Crippen LogP contribution >= 0.6 is 0 Å². The normalized spacial score (nSPS) is 19.3. The van der Waals surface area contributed by atoms with E-state index in [0.29, 0.717) is 23.3 Å². The maximum atomic E-state index is 14.2. The van der Waals surface area contributed by atoms with Gasteiger partial charge < -0.3 is 4.90 Å². The molecule has 0 unspecified atom stereocenters. The predicted molar refractivity (Wildman–Crippen MR) is 74.9 cm³/mol. The molecule has 1 aromatic heterocycles. The standard InChI is InChI=1S/C16H16F4N2O/c1-9(10-2-3-10)14(17)15(23)22-5-4-13-11(8-22)6-12(7-21-13)16(18,19)20/h6-7,10H,2-5,8H2,1H3. The first kappa shape index (κ1) is 16.0. The highest BCUT2D eigenvalue weighted by molar-refractivity contribution is 5.92. The summed E-state index contributed by atoms with van der Waals surface area (Å²) in [5.74, 6) is -1.37. The number of hydrogen-bond acceptors (Lipinski definition) is 2. The van der Waals surface area contributed by atoms with E-state index in [4.69, 9.17) is 0 Å². The Kier molecular flexibility index (Phi) is 3.90. The number of rotatable bonds is 2. The lowest BCUT2D eigenvalue weighted by Crippen LogP contribution is -2.37. The average molecular weight is 328 g/mol. The van der Waals surface area contributed by atoms with Crippen LogP contribution < -0.4 is 0 Å². The van der Waals surface area contributed by atoms with E-state index in [1.807, 2.05) is 0 Å². The molecule has 2 heterocycles. The van der Waals surface area contributed by atoms with Gasteiger partial charge in [-0.2, -0.15) is 13.2 Å². The van der Waals surface area contributed by atoms with Gasteiger partial charge in [0.25, 0.3) is 5.91 Å². The van der Waals surface area contributed by atoms with E-state index < -0.39 is 23.5 Å². The van der Waals surface area contributed by atoms with Crippen molar-refractivity contribution in [2.75, 3.05) is 6.54 Å². The highest BCUT2D eigenvalue weighted by Gasteiger charge is 2.34. The maximum Gasteiger partial charge on any atom is 0.417 e. The number of nitrogens with zero attached hydrogens (tertiary/aromatic N) is 2. The summed E-state index contributed by atoms with van der Waals surface area (Å²) in [7, 11) is 0. The molecule has 2 aliphatic rings. The zero-order valence-electron chi connectivity index (χ0n) is 12.6. The Hall–Kier alpha value is -1.92. The third-order valence-corrected chi connectivity index (χ3v) is 4.38. The molecule has 1 saturated carbocycles. The highest BCUT2D eigenvalue weighted by atomic mass is 19.4. The molecule has 0 aromatic carbocycles. The lowest BCUT2D eigenvalue weighted by atomic mass is 10.0. The minimum absolute atomic E-state index is 0.0452. The Labute approximate surface area is 131 Å². The second kappa shape index (κ2) is 5.62. The maximum absolute atomic E-state index is 14.2. The first-order valence-electron chi connectivity index (χ1n) is 7.48. The fourth-order valence-electron chi connectivity index (χ4n) is 2.76. The first-order chi connectivity index (χ1) is 10.8. The first-order valence-corrected chi connectivity index (χ1v) is 7.48. The van der Waals surface area contributed by atoms with Crippen molar-refractivity contribution in [3.05, 3.63) is 40.5 Å². The molecule has 0 saturated heterocycles. The zero-order valence-corrected chi connectivity index (χ0v) is 12.6. The number of carbonyl (C=O) groups excluding carboxylic acids is 1. The number of alkyl halides is 3. The van der Waals surface area contributed by atoms with Gasteiger partial charge in [0.2, 0.25) is 0 Å². The number of carbonyl (C=O) groups is 1. The largest absolute Gasteiger partial charge is 0.417 e. The van der Waals surface area contributed by atoms with Crippen molar-refractivity contribution >= 4 is 5.91 Å².